The second kappa shape index (κ2) is 45.4. The van der Waals surface area contributed by atoms with E-state index in [4.69, 9.17) is 29.2 Å². The van der Waals surface area contributed by atoms with Gasteiger partial charge < -0.3 is 50.4 Å². The Labute approximate surface area is 371 Å². The number of ketones is 1. The maximum Gasteiger partial charge on any atom is 0.303 e. The second-order valence-corrected chi connectivity index (χ2v) is 15.6. The SMILES string of the molecule is CCCNC(=O)[C@H](CCC(=O)O)NC(=O)CCCCCCCCCCCCCCCCC(=O)O.COCCOCC(=O)NCCOCCOCC(=O)NCCCC[C@H](C)C(C)=O. The maximum absolute atomic E-state index is 12.2. The Bertz CT molecular complexity index is 1170. The average molecular weight is 889 g/mol. The summed E-state index contributed by atoms with van der Waals surface area (Å²) in [6.45, 7) is 8.75. The van der Waals surface area contributed by atoms with Crippen LogP contribution < -0.4 is 21.3 Å². The summed E-state index contributed by atoms with van der Waals surface area (Å²) in [4.78, 5) is 79.7. The number of hydrogen-bond acceptors (Lipinski definition) is 11. The first kappa shape index (κ1) is 60.4. The molecule has 0 bridgehead atoms. The molecule has 17 heteroatoms. The summed E-state index contributed by atoms with van der Waals surface area (Å²) >= 11 is 0. The highest BCUT2D eigenvalue weighted by atomic mass is 16.5. The van der Waals surface area contributed by atoms with Crippen LogP contribution in [0.25, 0.3) is 0 Å². The van der Waals surface area contributed by atoms with E-state index in [1.165, 1.54) is 51.4 Å². The highest BCUT2D eigenvalue weighted by molar-refractivity contribution is 5.88. The van der Waals surface area contributed by atoms with Gasteiger partial charge >= 0.3 is 11.9 Å². The van der Waals surface area contributed by atoms with Gasteiger partial charge in [-0.3, -0.25) is 33.6 Å². The van der Waals surface area contributed by atoms with Crippen molar-refractivity contribution in [3.63, 3.8) is 0 Å². The summed E-state index contributed by atoms with van der Waals surface area (Å²) in [6.07, 6.45) is 19.7. The Hall–Kier alpha value is -3.67. The van der Waals surface area contributed by atoms with E-state index in [1.807, 2.05) is 13.8 Å². The van der Waals surface area contributed by atoms with E-state index in [2.05, 4.69) is 21.3 Å². The maximum atomic E-state index is 12.2. The first-order valence-electron chi connectivity index (χ1n) is 23.1. The van der Waals surface area contributed by atoms with Crippen LogP contribution in [0.4, 0.5) is 0 Å². The lowest BCUT2D eigenvalue weighted by molar-refractivity contribution is -0.138. The minimum Gasteiger partial charge on any atom is -0.481 e. The van der Waals surface area contributed by atoms with Crippen molar-refractivity contribution < 1.29 is 62.7 Å². The van der Waals surface area contributed by atoms with Crippen molar-refractivity contribution >= 4 is 41.4 Å². The van der Waals surface area contributed by atoms with Crippen LogP contribution in [0.15, 0.2) is 0 Å². The van der Waals surface area contributed by atoms with E-state index in [0.29, 0.717) is 65.5 Å². The van der Waals surface area contributed by atoms with Crippen LogP contribution in [-0.2, 0) is 52.5 Å². The van der Waals surface area contributed by atoms with Crippen molar-refractivity contribution in [2.45, 2.75) is 168 Å². The average Bonchev–Trinajstić information content (AvgIpc) is 3.23. The number of unbranched alkanes of at least 4 members (excludes halogenated alkanes) is 14. The van der Waals surface area contributed by atoms with E-state index >= 15 is 0 Å². The number of amides is 4. The molecule has 2 atom stereocenters. The number of hydrogen-bond donors (Lipinski definition) is 6. The van der Waals surface area contributed by atoms with Gasteiger partial charge in [-0.15, -0.1) is 0 Å². The predicted molar refractivity (Wildman–Crippen MR) is 238 cm³/mol. The Balaban J connectivity index is 0. The first-order chi connectivity index (χ1) is 29.8. The molecule has 0 spiro atoms. The monoisotopic (exact) mass is 889 g/mol. The first-order valence-corrected chi connectivity index (χ1v) is 23.1. The van der Waals surface area contributed by atoms with Crippen molar-refractivity contribution in [3.8, 4) is 0 Å². The molecule has 0 aromatic heterocycles. The normalized spacial score (nSPS) is 11.7. The molecule has 0 saturated carbocycles. The lowest BCUT2D eigenvalue weighted by Gasteiger charge is -2.17. The highest BCUT2D eigenvalue weighted by Gasteiger charge is 2.21. The molecule has 6 N–H and O–H groups in total. The molecule has 0 fully saturated rings. The van der Waals surface area contributed by atoms with Crippen molar-refractivity contribution in [3.05, 3.63) is 0 Å². The van der Waals surface area contributed by atoms with E-state index in [9.17, 15) is 33.6 Å². The fraction of sp³-hybridized carbons (Fsp3) is 0.844. The van der Waals surface area contributed by atoms with Gasteiger partial charge in [0.25, 0.3) is 0 Å². The van der Waals surface area contributed by atoms with Crippen LogP contribution in [0.3, 0.4) is 0 Å². The number of carboxylic acids is 2. The number of carboxylic acid groups (broad SMARTS) is 2. The standard InChI is InChI=1S/C26H48N2O6.C19H36N2O7/c1-2-21-27-26(34)22(19-20-25(32)33)28-23(29)17-15-13-11-9-7-5-3-4-6-8-10-12-14-16-18-24(30)31;1-16(17(2)22)6-4-5-7-20-18(23)14-28-13-12-26-9-8-21-19(24)15-27-11-10-25-3/h22H,2-21H2,1H3,(H,27,34)(H,28,29)(H,30,31)(H,32,33);16H,4-15H2,1-3H3,(H,20,23)(H,21,24)/t22-;16-/m00/s1. The van der Waals surface area contributed by atoms with Crippen LogP contribution >= 0.6 is 0 Å². The van der Waals surface area contributed by atoms with E-state index in [1.54, 1.807) is 14.0 Å². The molecule has 0 saturated heterocycles. The molecule has 0 aliphatic heterocycles. The lowest BCUT2D eigenvalue weighted by atomic mass is 10.0. The smallest absolute Gasteiger partial charge is 0.303 e. The molecule has 0 heterocycles. The quantitative estimate of drug-likeness (QED) is 0.0415. The van der Waals surface area contributed by atoms with E-state index in [0.717, 1.165) is 64.2 Å². The van der Waals surface area contributed by atoms with E-state index < -0.39 is 18.0 Å². The van der Waals surface area contributed by atoms with E-state index in [-0.39, 0.29) is 61.4 Å². The molecular weight excluding hydrogens is 805 g/mol. The van der Waals surface area contributed by atoms with Crippen LogP contribution in [-0.4, -0.2) is 131 Å². The van der Waals surface area contributed by atoms with Gasteiger partial charge in [-0.25, -0.2) is 0 Å². The second-order valence-electron chi connectivity index (χ2n) is 15.6. The van der Waals surface area contributed by atoms with Gasteiger partial charge in [0, 0.05) is 51.9 Å². The minimum absolute atomic E-state index is 0.00264. The van der Waals surface area contributed by atoms with Crippen molar-refractivity contribution in [2.75, 3.05) is 73.0 Å². The Morgan fingerprint density at radius 1 is 0.500 bits per heavy atom. The molecule has 0 aliphatic carbocycles. The number of ether oxygens (including phenoxy) is 4. The zero-order valence-electron chi connectivity index (χ0n) is 38.7. The lowest BCUT2D eigenvalue weighted by Crippen LogP contribution is -2.47. The third-order valence-corrected chi connectivity index (χ3v) is 9.81. The van der Waals surface area contributed by atoms with Gasteiger partial charge in [-0.05, 0) is 45.4 Å². The van der Waals surface area contributed by atoms with Gasteiger partial charge in [0.1, 0.15) is 25.0 Å². The number of Topliss-reactive ketones (excluding diaryl/α,β-unsaturated/α-hetero) is 1. The zero-order valence-corrected chi connectivity index (χ0v) is 38.7. The predicted octanol–water partition coefficient (Wildman–Crippen LogP) is 5.50. The Kier molecular flexibility index (Phi) is 44.2. The summed E-state index contributed by atoms with van der Waals surface area (Å²) < 4.78 is 20.4. The molecule has 0 aromatic rings. The summed E-state index contributed by atoms with van der Waals surface area (Å²) in [5.41, 5.74) is 0. The molecule has 4 amide bonds. The number of carbonyl (C=O) groups excluding carboxylic acids is 5. The highest BCUT2D eigenvalue weighted by Crippen LogP contribution is 2.14. The molecule has 0 radical (unpaired) electrons. The summed E-state index contributed by atoms with van der Waals surface area (Å²) in [7, 11) is 1.57. The van der Waals surface area contributed by atoms with Crippen molar-refractivity contribution in [1.82, 2.24) is 21.3 Å². The molecule has 0 rings (SSSR count). The molecule has 0 unspecified atom stereocenters. The molecule has 0 aliphatic rings. The Morgan fingerprint density at radius 3 is 1.48 bits per heavy atom. The van der Waals surface area contributed by atoms with Crippen LogP contribution in [0.5, 0.6) is 0 Å². The van der Waals surface area contributed by atoms with Gasteiger partial charge in [0.2, 0.25) is 23.6 Å². The van der Waals surface area contributed by atoms with Gasteiger partial charge in [0.15, 0.2) is 0 Å². The molecular formula is C45H84N4O13. The fourth-order valence-corrected chi connectivity index (χ4v) is 5.92. The van der Waals surface area contributed by atoms with Crippen molar-refractivity contribution in [2.24, 2.45) is 5.92 Å². The number of nitrogens with one attached hydrogen (secondary N) is 4. The van der Waals surface area contributed by atoms with Gasteiger partial charge in [-0.2, -0.15) is 0 Å². The largest absolute Gasteiger partial charge is 0.481 e. The summed E-state index contributed by atoms with van der Waals surface area (Å²) in [5, 5.41) is 28.3. The van der Waals surface area contributed by atoms with Crippen molar-refractivity contribution in [1.29, 1.82) is 0 Å². The third-order valence-electron chi connectivity index (χ3n) is 9.81. The summed E-state index contributed by atoms with van der Waals surface area (Å²) in [6, 6.07) is -0.785. The van der Waals surface area contributed by atoms with Gasteiger partial charge in [0.05, 0.1) is 33.0 Å². The number of aliphatic carboxylic acids is 2. The third kappa shape index (κ3) is 45.8. The minimum atomic E-state index is -0.979. The van der Waals surface area contributed by atoms with Gasteiger partial charge in [-0.1, -0.05) is 97.3 Å². The number of methoxy groups -OCH3 is 1. The van der Waals surface area contributed by atoms with Crippen LogP contribution in [0.1, 0.15) is 162 Å². The molecule has 17 nitrogen and oxygen atoms in total. The molecule has 0 aromatic carbocycles. The number of carbonyl (C=O) groups is 7. The fourth-order valence-electron chi connectivity index (χ4n) is 5.92. The van der Waals surface area contributed by atoms with Crippen LogP contribution in [0.2, 0.25) is 0 Å². The topological polar surface area (TPSA) is 245 Å². The zero-order chi connectivity index (χ0) is 46.5. The molecule has 362 valence electrons. The van der Waals surface area contributed by atoms with Crippen LogP contribution in [0, 0.1) is 5.92 Å². The summed E-state index contributed by atoms with van der Waals surface area (Å²) in [5.74, 6) is -2.26. The number of rotatable bonds is 43. The molecule has 62 heavy (non-hydrogen) atoms. The Morgan fingerprint density at radius 2 is 0.984 bits per heavy atom.